The summed E-state index contributed by atoms with van der Waals surface area (Å²) in [5.74, 6) is -2.31. The van der Waals surface area contributed by atoms with Gasteiger partial charge in [-0.1, -0.05) is 7.43 Å². The Morgan fingerprint density at radius 3 is 2.20 bits per heavy atom. The van der Waals surface area contributed by atoms with Gasteiger partial charge < -0.3 is 5.73 Å². The van der Waals surface area contributed by atoms with Gasteiger partial charge in [0.25, 0.3) is 0 Å². The Morgan fingerprint density at radius 2 is 1.65 bits per heavy atom. The Bertz CT molecular complexity index is 623. The lowest BCUT2D eigenvalue weighted by molar-refractivity contribution is -0.137. The van der Waals surface area contributed by atoms with E-state index < -0.39 is 28.9 Å². The summed E-state index contributed by atoms with van der Waals surface area (Å²) >= 11 is 0. The number of hydrogen-bond acceptors (Lipinski definition) is 2. The van der Waals surface area contributed by atoms with Gasteiger partial charge in [0.2, 0.25) is 0 Å². The highest BCUT2D eigenvalue weighted by Gasteiger charge is 2.34. The Balaban J connectivity index is 0.00000200. The van der Waals surface area contributed by atoms with Crippen LogP contribution in [0.1, 0.15) is 13.0 Å². The monoisotopic (exact) mass is 290 g/mol. The van der Waals surface area contributed by atoms with Gasteiger partial charge in [-0.05, 0) is 18.2 Å². The number of alkyl halides is 3. The molecule has 20 heavy (non-hydrogen) atoms. The average Bonchev–Trinajstić information content (AvgIpc) is 2.28. The van der Waals surface area contributed by atoms with Crippen LogP contribution in [0.15, 0.2) is 30.5 Å². The molecule has 0 fully saturated rings. The standard InChI is InChI=1S/C12H7F5N2.CH4/c13-6-1-2-7(10(14)3-6)8-5-19-11(18)4-9(8)12(15,16)17;/h1-5H,(H2,18,19);1H4. The van der Waals surface area contributed by atoms with E-state index >= 15 is 0 Å². The highest BCUT2D eigenvalue weighted by atomic mass is 19.4. The van der Waals surface area contributed by atoms with Gasteiger partial charge in [-0.25, -0.2) is 13.8 Å². The number of pyridine rings is 1. The molecule has 0 radical (unpaired) electrons. The molecule has 1 aromatic carbocycles. The van der Waals surface area contributed by atoms with Gasteiger partial charge >= 0.3 is 6.18 Å². The maximum atomic E-state index is 13.5. The van der Waals surface area contributed by atoms with Crippen molar-refractivity contribution in [2.24, 2.45) is 0 Å². The zero-order chi connectivity index (χ0) is 14.2. The molecule has 0 unspecified atom stereocenters. The largest absolute Gasteiger partial charge is 0.417 e. The van der Waals surface area contributed by atoms with E-state index in [0.717, 1.165) is 18.3 Å². The lowest BCUT2D eigenvalue weighted by Crippen LogP contribution is -2.09. The van der Waals surface area contributed by atoms with Gasteiger partial charge in [0, 0.05) is 23.4 Å². The predicted molar refractivity (Wildman–Crippen MR) is 65.7 cm³/mol. The number of nitrogen functional groups attached to an aromatic ring is 1. The number of aromatic nitrogens is 1. The van der Waals surface area contributed by atoms with E-state index in [1.165, 1.54) is 0 Å². The summed E-state index contributed by atoms with van der Waals surface area (Å²) in [6.07, 6.45) is -3.90. The average molecular weight is 290 g/mol. The number of nitrogens with two attached hydrogens (primary N) is 1. The summed E-state index contributed by atoms with van der Waals surface area (Å²) in [5.41, 5.74) is 3.21. The molecule has 0 aliphatic rings. The first-order valence-corrected chi connectivity index (χ1v) is 5.07. The first-order valence-electron chi connectivity index (χ1n) is 5.07. The second-order valence-corrected chi connectivity index (χ2v) is 3.78. The molecule has 2 rings (SSSR count). The van der Waals surface area contributed by atoms with E-state index in [2.05, 4.69) is 4.98 Å². The molecule has 0 saturated carbocycles. The summed E-state index contributed by atoms with van der Waals surface area (Å²) in [4.78, 5) is 3.51. The van der Waals surface area contributed by atoms with E-state index in [9.17, 15) is 22.0 Å². The van der Waals surface area contributed by atoms with Crippen LogP contribution in [-0.4, -0.2) is 4.98 Å². The molecular formula is C13H11F5N2. The molecule has 2 aromatic rings. The Kier molecular flexibility index (Phi) is 4.32. The molecule has 0 bridgehead atoms. The van der Waals surface area contributed by atoms with Crippen molar-refractivity contribution < 1.29 is 22.0 Å². The van der Waals surface area contributed by atoms with E-state index in [0.29, 0.717) is 12.1 Å². The summed E-state index contributed by atoms with van der Waals surface area (Å²) in [7, 11) is 0. The number of anilines is 1. The van der Waals surface area contributed by atoms with Crippen LogP contribution < -0.4 is 5.73 Å². The SMILES string of the molecule is C.Nc1cc(C(F)(F)F)c(-c2ccc(F)cc2F)cn1. The smallest absolute Gasteiger partial charge is 0.384 e. The Labute approximate surface area is 112 Å². The van der Waals surface area contributed by atoms with Gasteiger partial charge in [-0.3, -0.25) is 0 Å². The van der Waals surface area contributed by atoms with E-state index in [1.54, 1.807) is 0 Å². The zero-order valence-electron chi connectivity index (χ0n) is 9.30. The topological polar surface area (TPSA) is 38.9 Å². The lowest BCUT2D eigenvalue weighted by Gasteiger charge is -2.13. The van der Waals surface area contributed by atoms with Gasteiger partial charge in [0.15, 0.2) is 0 Å². The lowest BCUT2D eigenvalue weighted by atomic mass is 10.0. The number of hydrogen-bond donors (Lipinski definition) is 1. The molecule has 0 spiro atoms. The molecule has 1 aromatic heterocycles. The van der Waals surface area contributed by atoms with Crippen LogP contribution in [0.5, 0.6) is 0 Å². The van der Waals surface area contributed by atoms with Crippen molar-refractivity contribution >= 4 is 5.82 Å². The van der Waals surface area contributed by atoms with Gasteiger partial charge in [0.05, 0.1) is 5.56 Å². The minimum Gasteiger partial charge on any atom is -0.384 e. The molecule has 2 nitrogen and oxygen atoms in total. The molecule has 0 aliphatic heterocycles. The third-order valence-corrected chi connectivity index (χ3v) is 2.45. The molecule has 7 heteroatoms. The summed E-state index contributed by atoms with van der Waals surface area (Å²) in [6, 6.07) is 2.91. The molecule has 1 heterocycles. The summed E-state index contributed by atoms with van der Waals surface area (Å²) < 4.78 is 64.8. The van der Waals surface area contributed by atoms with Crippen LogP contribution in [0, 0.1) is 11.6 Å². The van der Waals surface area contributed by atoms with Crippen molar-refractivity contribution in [3.8, 4) is 11.1 Å². The zero-order valence-corrected chi connectivity index (χ0v) is 9.30. The van der Waals surface area contributed by atoms with Crippen molar-refractivity contribution in [1.29, 1.82) is 0 Å². The van der Waals surface area contributed by atoms with Crippen LogP contribution >= 0.6 is 0 Å². The van der Waals surface area contributed by atoms with Crippen LogP contribution in [0.2, 0.25) is 0 Å². The van der Waals surface area contributed by atoms with Crippen LogP contribution in [0.25, 0.3) is 11.1 Å². The molecule has 0 atom stereocenters. The van der Waals surface area contributed by atoms with Crippen molar-refractivity contribution in [2.45, 2.75) is 13.6 Å². The van der Waals surface area contributed by atoms with Gasteiger partial charge in [-0.15, -0.1) is 0 Å². The molecule has 0 amide bonds. The van der Waals surface area contributed by atoms with Crippen molar-refractivity contribution in [3.63, 3.8) is 0 Å². The Morgan fingerprint density at radius 1 is 1.00 bits per heavy atom. The molecule has 2 N–H and O–H groups in total. The van der Waals surface area contributed by atoms with Crippen LogP contribution in [0.4, 0.5) is 27.8 Å². The summed E-state index contributed by atoms with van der Waals surface area (Å²) in [5, 5.41) is 0. The second kappa shape index (κ2) is 5.44. The van der Waals surface area contributed by atoms with E-state index in [4.69, 9.17) is 5.73 Å². The highest BCUT2D eigenvalue weighted by Crippen LogP contribution is 2.38. The minimum atomic E-state index is -4.72. The number of halogens is 5. The molecular weight excluding hydrogens is 279 g/mol. The van der Waals surface area contributed by atoms with E-state index in [-0.39, 0.29) is 18.8 Å². The fourth-order valence-electron chi connectivity index (χ4n) is 1.63. The first kappa shape index (κ1) is 15.9. The number of benzene rings is 1. The van der Waals surface area contributed by atoms with Gasteiger partial charge in [-0.2, -0.15) is 13.2 Å². The quantitative estimate of drug-likeness (QED) is 0.797. The van der Waals surface area contributed by atoms with Crippen molar-refractivity contribution in [2.75, 3.05) is 5.73 Å². The fourth-order valence-corrected chi connectivity index (χ4v) is 1.63. The number of nitrogens with zero attached hydrogens (tertiary/aromatic N) is 1. The van der Waals surface area contributed by atoms with Gasteiger partial charge in [0.1, 0.15) is 17.5 Å². The normalized spacial score (nSPS) is 11.1. The maximum absolute atomic E-state index is 13.5. The highest BCUT2D eigenvalue weighted by molar-refractivity contribution is 5.69. The third kappa shape index (κ3) is 3.04. The Hall–Kier alpha value is -2.18. The van der Waals surface area contributed by atoms with Crippen molar-refractivity contribution in [3.05, 3.63) is 47.7 Å². The van der Waals surface area contributed by atoms with Crippen molar-refractivity contribution in [1.82, 2.24) is 4.98 Å². The fraction of sp³-hybridized carbons (Fsp3) is 0.154. The van der Waals surface area contributed by atoms with Crippen LogP contribution in [0.3, 0.4) is 0 Å². The predicted octanol–water partition coefficient (Wildman–Crippen LogP) is 4.26. The molecule has 108 valence electrons. The van der Waals surface area contributed by atoms with E-state index in [1.807, 2.05) is 0 Å². The first-order chi connectivity index (χ1) is 8.79. The second-order valence-electron chi connectivity index (χ2n) is 3.78. The summed E-state index contributed by atoms with van der Waals surface area (Å²) in [6.45, 7) is 0. The molecule has 0 aliphatic carbocycles. The van der Waals surface area contributed by atoms with Crippen LogP contribution in [-0.2, 0) is 6.18 Å². The molecule has 0 saturated heterocycles. The number of rotatable bonds is 1. The maximum Gasteiger partial charge on any atom is 0.417 e. The third-order valence-electron chi connectivity index (χ3n) is 2.45. The minimum absolute atomic E-state index is 0.